The second-order valence-corrected chi connectivity index (χ2v) is 9.95. The van der Waals surface area contributed by atoms with Gasteiger partial charge in [0.25, 0.3) is 5.76 Å². The lowest BCUT2D eigenvalue weighted by molar-refractivity contribution is -0.129. The summed E-state index contributed by atoms with van der Waals surface area (Å²) < 4.78 is 43.9. The number of benzene rings is 2. The minimum Gasteiger partial charge on any atom is -0.376 e. The topological polar surface area (TPSA) is 71.0 Å². The summed E-state index contributed by atoms with van der Waals surface area (Å²) >= 11 is 1.63. The molecule has 0 unspecified atom stereocenters. The zero-order chi connectivity index (χ0) is 24.1. The largest absolute Gasteiger partial charge is 0.376 e. The first-order valence-electron chi connectivity index (χ1n) is 10.7. The summed E-state index contributed by atoms with van der Waals surface area (Å²) in [4.78, 5) is 32.2. The van der Waals surface area contributed by atoms with Crippen molar-refractivity contribution in [2.45, 2.75) is 41.3 Å². The molecule has 0 radical (unpaired) electrons. The van der Waals surface area contributed by atoms with E-state index in [9.17, 15) is 22.8 Å². The molecule has 1 N–H and O–H groups in total. The highest BCUT2D eigenvalue weighted by atomic mass is 32.2. The van der Waals surface area contributed by atoms with E-state index in [1.807, 2.05) is 0 Å². The average Bonchev–Trinajstić information content (AvgIpc) is 3.41. The molecule has 34 heavy (non-hydrogen) atoms. The van der Waals surface area contributed by atoms with E-state index in [1.165, 1.54) is 40.9 Å². The predicted octanol–water partition coefficient (Wildman–Crippen LogP) is 5.28. The van der Waals surface area contributed by atoms with Crippen molar-refractivity contribution in [3.63, 3.8) is 0 Å². The van der Waals surface area contributed by atoms with E-state index in [4.69, 9.17) is 4.74 Å². The van der Waals surface area contributed by atoms with Crippen molar-refractivity contribution in [2.75, 3.05) is 18.5 Å². The minimum absolute atomic E-state index is 0.0775. The Kier molecular flexibility index (Phi) is 8.17. The Morgan fingerprint density at radius 3 is 2.59 bits per heavy atom. The molecule has 2 heterocycles. The lowest BCUT2D eigenvalue weighted by Gasteiger charge is -2.20. The van der Waals surface area contributed by atoms with E-state index in [0.29, 0.717) is 46.4 Å². The fourth-order valence-corrected chi connectivity index (χ4v) is 5.28. The van der Waals surface area contributed by atoms with Crippen LogP contribution in [-0.4, -0.2) is 52.1 Å². The molecule has 4 rings (SSSR count). The number of anilines is 1. The van der Waals surface area contributed by atoms with Crippen LogP contribution in [0.1, 0.15) is 19.3 Å². The number of hydrogen-bond donors (Lipinski definition) is 1. The first kappa shape index (κ1) is 24.6. The number of thioether (sulfide) groups is 2. The van der Waals surface area contributed by atoms with Crippen LogP contribution < -0.4 is 5.32 Å². The van der Waals surface area contributed by atoms with Crippen LogP contribution in [0.5, 0.6) is 0 Å². The van der Waals surface area contributed by atoms with Gasteiger partial charge in [-0.3, -0.25) is 14.5 Å². The fraction of sp³-hybridized carbons (Fsp3) is 0.348. The molecular weight excluding hydrogens is 487 g/mol. The molecule has 180 valence electrons. The molecule has 0 bridgehead atoms. The van der Waals surface area contributed by atoms with E-state index in [0.717, 1.165) is 12.8 Å². The number of alkyl halides is 2. The van der Waals surface area contributed by atoms with Gasteiger partial charge in [0, 0.05) is 23.6 Å². The van der Waals surface area contributed by atoms with Gasteiger partial charge in [-0.05, 0) is 61.4 Å². The molecule has 2 fully saturated rings. The number of nitrogens with zero attached hydrogens (tertiary/aromatic N) is 2. The SMILES string of the molecule is O=C(C[C@@H]1SC(=Nc2ccc(SC(F)F)cc2)N(C[C@H]2CCCO2)C1=O)Nc1ccc(F)cc1. The summed E-state index contributed by atoms with van der Waals surface area (Å²) in [5.74, 6) is -3.53. The molecule has 2 aliphatic rings. The number of amides is 2. The maximum Gasteiger partial charge on any atom is 0.288 e. The van der Waals surface area contributed by atoms with Crippen LogP contribution in [0.3, 0.4) is 0 Å². The van der Waals surface area contributed by atoms with Crippen molar-refractivity contribution in [3.8, 4) is 0 Å². The summed E-state index contributed by atoms with van der Waals surface area (Å²) in [5.41, 5.74) is 0.955. The molecule has 11 heteroatoms. The highest BCUT2D eigenvalue weighted by molar-refractivity contribution is 8.15. The molecule has 2 aromatic rings. The maximum absolute atomic E-state index is 13.2. The van der Waals surface area contributed by atoms with Gasteiger partial charge in [-0.15, -0.1) is 0 Å². The molecule has 6 nitrogen and oxygen atoms in total. The number of aliphatic imine (C=N–C) groups is 1. The van der Waals surface area contributed by atoms with Crippen LogP contribution in [0, 0.1) is 5.82 Å². The Morgan fingerprint density at radius 1 is 1.21 bits per heavy atom. The number of ether oxygens (including phenoxy) is 1. The number of carbonyl (C=O) groups is 2. The van der Waals surface area contributed by atoms with Crippen LogP contribution in [0.2, 0.25) is 0 Å². The standard InChI is InChI=1S/C23H22F3N3O3S2/c24-14-3-5-15(6-4-14)27-20(30)12-19-21(31)29(13-17-2-1-11-32-17)23(34-19)28-16-7-9-18(10-8-16)33-22(25)26/h3-10,17,19,22H,1-2,11-13H2,(H,27,30)/t17-,19+/m1/s1. The van der Waals surface area contributed by atoms with Crippen LogP contribution in [-0.2, 0) is 14.3 Å². The Hall–Kier alpha value is -2.50. The molecule has 0 spiro atoms. The number of rotatable bonds is 8. The average molecular weight is 510 g/mol. The molecule has 2 amide bonds. The molecule has 2 aromatic carbocycles. The van der Waals surface area contributed by atoms with Gasteiger partial charge in [0.2, 0.25) is 11.8 Å². The predicted molar refractivity (Wildman–Crippen MR) is 127 cm³/mol. The Balaban J connectivity index is 1.48. The van der Waals surface area contributed by atoms with Gasteiger partial charge in [0.1, 0.15) is 11.1 Å². The molecule has 2 atom stereocenters. The monoisotopic (exact) mass is 509 g/mol. The van der Waals surface area contributed by atoms with Crippen LogP contribution in [0.4, 0.5) is 24.5 Å². The van der Waals surface area contributed by atoms with E-state index in [-0.39, 0.29) is 24.3 Å². The zero-order valence-corrected chi connectivity index (χ0v) is 19.6. The molecular formula is C23H22F3N3O3S2. The summed E-state index contributed by atoms with van der Waals surface area (Å²) in [6, 6.07) is 11.7. The van der Waals surface area contributed by atoms with Gasteiger partial charge >= 0.3 is 0 Å². The summed E-state index contributed by atoms with van der Waals surface area (Å²) in [7, 11) is 0. The first-order chi connectivity index (χ1) is 16.4. The molecule has 2 aliphatic heterocycles. The van der Waals surface area contributed by atoms with Gasteiger partial charge in [-0.2, -0.15) is 8.78 Å². The third-order valence-corrected chi connectivity index (χ3v) is 7.11. The fourth-order valence-electron chi connectivity index (χ4n) is 3.61. The second kappa shape index (κ2) is 11.3. The summed E-state index contributed by atoms with van der Waals surface area (Å²) in [6.07, 6.45) is 1.56. The highest BCUT2D eigenvalue weighted by Gasteiger charge is 2.40. The highest BCUT2D eigenvalue weighted by Crippen LogP contribution is 2.34. The Bertz CT molecular complexity index is 1050. The normalized spacial score (nSPS) is 21.6. The zero-order valence-electron chi connectivity index (χ0n) is 18.0. The van der Waals surface area contributed by atoms with Crippen LogP contribution in [0.25, 0.3) is 0 Å². The smallest absolute Gasteiger partial charge is 0.288 e. The van der Waals surface area contributed by atoms with Crippen molar-refractivity contribution >= 4 is 51.9 Å². The van der Waals surface area contributed by atoms with Gasteiger partial charge in [0.05, 0.1) is 18.3 Å². The van der Waals surface area contributed by atoms with Crippen LogP contribution in [0.15, 0.2) is 58.4 Å². The van der Waals surface area contributed by atoms with E-state index in [1.54, 1.807) is 24.3 Å². The third kappa shape index (κ3) is 6.55. The van der Waals surface area contributed by atoms with E-state index >= 15 is 0 Å². The van der Waals surface area contributed by atoms with Crippen molar-refractivity contribution in [1.29, 1.82) is 0 Å². The summed E-state index contributed by atoms with van der Waals surface area (Å²) in [5, 5.41) is 2.44. The van der Waals surface area contributed by atoms with Crippen molar-refractivity contribution in [3.05, 3.63) is 54.3 Å². The third-order valence-electron chi connectivity index (χ3n) is 5.22. The maximum atomic E-state index is 13.2. The Morgan fingerprint density at radius 2 is 1.94 bits per heavy atom. The van der Waals surface area contributed by atoms with Crippen molar-refractivity contribution < 1.29 is 27.5 Å². The number of nitrogens with one attached hydrogen (secondary N) is 1. The lowest BCUT2D eigenvalue weighted by atomic mass is 10.2. The quantitative estimate of drug-likeness (QED) is 0.491. The molecule has 0 aliphatic carbocycles. The minimum atomic E-state index is -2.51. The van der Waals surface area contributed by atoms with E-state index in [2.05, 4.69) is 10.3 Å². The van der Waals surface area contributed by atoms with Gasteiger partial charge in [-0.25, -0.2) is 9.38 Å². The lowest BCUT2D eigenvalue weighted by Crippen LogP contribution is -2.38. The van der Waals surface area contributed by atoms with Crippen LogP contribution >= 0.6 is 23.5 Å². The second-order valence-electron chi connectivity index (χ2n) is 7.72. The number of carbonyl (C=O) groups excluding carboxylic acids is 2. The number of hydrogen-bond acceptors (Lipinski definition) is 6. The molecule has 0 aromatic heterocycles. The van der Waals surface area contributed by atoms with Gasteiger partial charge < -0.3 is 10.1 Å². The number of halogens is 3. The van der Waals surface area contributed by atoms with Crippen molar-refractivity contribution in [1.82, 2.24) is 4.90 Å². The molecule has 2 saturated heterocycles. The molecule has 0 saturated carbocycles. The van der Waals surface area contributed by atoms with Gasteiger partial charge in [0.15, 0.2) is 5.17 Å². The van der Waals surface area contributed by atoms with Gasteiger partial charge in [-0.1, -0.05) is 23.5 Å². The van der Waals surface area contributed by atoms with E-state index < -0.39 is 16.8 Å². The number of amidine groups is 1. The van der Waals surface area contributed by atoms with Crippen molar-refractivity contribution in [2.24, 2.45) is 4.99 Å². The summed E-state index contributed by atoms with van der Waals surface area (Å²) in [6.45, 7) is 0.971. The first-order valence-corrected chi connectivity index (χ1v) is 12.4. The Labute approximate surface area is 203 Å².